The lowest BCUT2D eigenvalue weighted by Crippen LogP contribution is -2.13. The van der Waals surface area contributed by atoms with Crippen molar-refractivity contribution >= 4 is 16.7 Å². The van der Waals surface area contributed by atoms with Crippen molar-refractivity contribution in [2.24, 2.45) is 0 Å². The molecule has 0 aliphatic rings. The van der Waals surface area contributed by atoms with Crippen LogP contribution in [-0.2, 0) is 14.2 Å². The van der Waals surface area contributed by atoms with Crippen LogP contribution in [0, 0.1) is 6.92 Å². The van der Waals surface area contributed by atoms with Gasteiger partial charge in [0.15, 0.2) is 0 Å². The largest absolute Gasteiger partial charge is 0.491 e. The molecule has 0 aromatic heterocycles. The molecule has 0 aliphatic carbocycles. The Hall–Kier alpha value is -1.83. The maximum absolute atomic E-state index is 8.57. The third-order valence-corrected chi connectivity index (χ3v) is 5.14. The Bertz CT molecular complexity index is 717. The first-order valence-electron chi connectivity index (χ1n) is 9.70. The average Bonchev–Trinajstić information content (AvgIpc) is 2.74. The third kappa shape index (κ3) is 9.47. The minimum Gasteiger partial charge on any atom is -0.491 e. The molecule has 0 radical (unpaired) electrons. The van der Waals surface area contributed by atoms with Crippen molar-refractivity contribution in [1.29, 1.82) is 0 Å². The number of aryl methyl sites for hydroxylation is 1. The van der Waals surface area contributed by atoms with E-state index in [1.807, 2.05) is 36.4 Å². The third-order valence-electron chi connectivity index (χ3n) is 3.98. The van der Waals surface area contributed by atoms with Gasteiger partial charge < -0.3 is 24.1 Å². The van der Waals surface area contributed by atoms with Gasteiger partial charge in [-0.3, -0.25) is 0 Å². The smallest absolute Gasteiger partial charge is 0.119 e. The number of hydrogen-bond acceptors (Lipinski definition) is 6. The summed E-state index contributed by atoms with van der Waals surface area (Å²) in [5, 5.41) is 8.57. The molecule has 2 rings (SSSR count). The quantitative estimate of drug-likeness (QED) is 0.346. The SMILES string of the molecule is C=C(Sc1ccccc1C)c1ccc(OCCOCCOCCOCCO)cc1. The molecule has 2 aromatic rings. The summed E-state index contributed by atoms with van der Waals surface area (Å²) in [6, 6.07) is 16.3. The molecule has 29 heavy (non-hydrogen) atoms. The molecule has 0 saturated carbocycles. The van der Waals surface area contributed by atoms with Gasteiger partial charge in [-0.2, -0.15) is 0 Å². The number of aliphatic hydroxyl groups excluding tert-OH is 1. The molecule has 0 aliphatic heterocycles. The van der Waals surface area contributed by atoms with Gasteiger partial charge in [0.2, 0.25) is 0 Å². The number of rotatable bonds is 15. The average molecular weight is 419 g/mol. The lowest BCUT2D eigenvalue weighted by molar-refractivity contribution is 0.00361. The van der Waals surface area contributed by atoms with Crippen LogP contribution >= 0.6 is 11.8 Å². The Morgan fingerprint density at radius 3 is 2.03 bits per heavy atom. The van der Waals surface area contributed by atoms with Gasteiger partial charge in [-0.05, 0) is 36.2 Å². The Labute approximate surface area is 177 Å². The van der Waals surface area contributed by atoms with Gasteiger partial charge in [-0.15, -0.1) is 0 Å². The van der Waals surface area contributed by atoms with Gasteiger partial charge in [0, 0.05) is 9.80 Å². The Morgan fingerprint density at radius 2 is 1.41 bits per heavy atom. The van der Waals surface area contributed by atoms with E-state index in [2.05, 4.69) is 25.6 Å². The summed E-state index contributed by atoms with van der Waals surface area (Å²) >= 11 is 1.68. The highest BCUT2D eigenvalue weighted by Crippen LogP contribution is 2.34. The molecule has 0 saturated heterocycles. The molecule has 158 valence electrons. The van der Waals surface area contributed by atoms with Gasteiger partial charge in [0.1, 0.15) is 12.4 Å². The lowest BCUT2D eigenvalue weighted by Gasteiger charge is -2.10. The summed E-state index contributed by atoms with van der Waals surface area (Å²) in [7, 11) is 0. The van der Waals surface area contributed by atoms with Crippen LogP contribution in [0.3, 0.4) is 0 Å². The van der Waals surface area contributed by atoms with Crippen LogP contribution in [0.4, 0.5) is 0 Å². The predicted molar refractivity (Wildman–Crippen MR) is 118 cm³/mol. The van der Waals surface area contributed by atoms with Crippen LogP contribution in [0.15, 0.2) is 60.0 Å². The summed E-state index contributed by atoms with van der Waals surface area (Å²) in [4.78, 5) is 2.23. The van der Waals surface area contributed by atoms with Crippen molar-refractivity contribution in [1.82, 2.24) is 0 Å². The first kappa shape index (κ1) is 23.4. The fraction of sp³-hybridized carbons (Fsp3) is 0.391. The Kier molecular flexibility index (Phi) is 11.5. The standard InChI is InChI=1S/C23H30O5S/c1-19-5-3-4-6-23(19)29-20(2)21-7-9-22(10-8-21)28-18-17-27-16-15-26-14-13-25-12-11-24/h3-10,24H,2,11-18H2,1H3. The molecule has 1 N–H and O–H groups in total. The molecule has 0 heterocycles. The molecule has 0 fully saturated rings. The summed E-state index contributed by atoms with van der Waals surface area (Å²) in [5.41, 5.74) is 2.33. The molecule has 0 unspecified atom stereocenters. The minimum atomic E-state index is 0.0347. The number of hydrogen-bond donors (Lipinski definition) is 1. The topological polar surface area (TPSA) is 57.2 Å². The first-order valence-corrected chi connectivity index (χ1v) is 10.5. The van der Waals surface area contributed by atoms with E-state index in [0.29, 0.717) is 46.2 Å². The Balaban J connectivity index is 1.58. The zero-order chi connectivity index (χ0) is 20.7. The molecule has 0 bridgehead atoms. The van der Waals surface area contributed by atoms with Crippen molar-refractivity contribution in [2.45, 2.75) is 11.8 Å². The molecule has 6 heteroatoms. The molecule has 0 spiro atoms. The van der Waals surface area contributed by atoms with Crippen LogP contribution in [0.25, 0.3) is 4.91 Å². The van der Waals surface area contributed by atoms with Gasteiger partial charge in [0.25, 0.3) is 0 Å². The number of benzene rings is 2. The summed E-state index contributed by atoms with van der Waals surface area (Å²) in [6.45, 7) is 9.67. The lowest BCUT2D eigenvalue weighted by atomic mass is 10.2. The van der Waals surface area contributed by atoms with E-state index in [4.69, 9.17) is 24.1 Å². The zero-order valence-electron chi connectivity index (χ0n) is 17.0. The molecule has 0 atom stereocenters. The molecule has 0 amide bonds. The van der Waals surface area contributed by atoms with Crippen molar-refractivity contribution < 1.29 is 24.1 Å². The second kappa shape index (κ2) is 14.2. The number of thioether (sulfide) groups is 1. The summed E-state index contributed by atoms with van der Waals surface area (Å²) in [6.07, 6.45) is 0. The number of ether oxygens (including phenoxy) is 4. The fourth-order valence-corrected chi connectivity index (χ4v) is 3.32. The zero-order valence-corrected chi connectivity index (χ0v) is 17.8. The van der Waals surface area contributed by atoms with E-state index in [-0.39, 0.29) is 6.61 Å². The normalized spacial score (nSPS) is 10.8. The van der Waals surface area contributed by atoms with Crippen molar-refractivity contribution in [2.75, 3.05) is 52.9 Å². The van der Waals surface area contributed by atoms with Gasteiger partial charge in [-0.1, -0.05) is 48.7 Å². The molecular formula is C23H30O5S. The van der Waals surface area contributed by atoms with Crippen LogP contribution in [0.5, 0.6) is 5.75 Å². The maximum atomic E-state index is 8.57. The highest BCUT2D eigenvalue weighted by molar-refractivity contribution is 8.08. The van der Waals surface area contributed by atoms with E-state index >= 15 is 0 Å². The predicted octanol–water partition coefficient (Wildman–Crippen LogP) is 4.18. The van der Waals surface area contributed by atoms with Crippen LogP contribution in [0.1, 0.15) is 11.1 Å². The van der Waals surface area contributed by atoms with Gasteiger partial charge in [0.05, 0.1) is 46.2 Å². The van der Waals surface area contributed by atoms with E-state index in [1.54, 1.807) is 11.8 Å². The van der Waals surface area contributed by atoms with E-state index in [9.17, 15) is 0 Å². The van der Waals surface area contributed by atoms with E-state index in [1.165, 1.54) is 10.5 Å². The monoisotopic (exact) mass is 418 g/mol. The second-order valence-electron chi connectivity index (χ2n) is 6.22. The van der Waals surface area contributed by atoms with Gasteiger partial charge in [-0.25, -0.2) is 0 Å². The first-order chi connectivity index (χ1) is 14.2. The Morgan fingerprint density at radius 1 is 0.828 bits per heavy atom. The van der Waals surface area contributed by atoms with Crippen LogP contribution < -0.4 is 4.74 Å². The second-order valence-corrected chi connectivity index (χ2v) is 7.36. The fourth-order valence-electron chi connectivity index (χ4n) is 2.42. The minimum absolute atomic E-state index is 0.0347. The van der Waals surface area contributed by atoms with Crippen molar-refractivity contribution in [3.63, 3.8) is 0 Å². The van der Waals surface area contributed by atoms with Crippen molar-refractivity contribution in [3.8, 4) is 5.75 Å². The highest BCUT2D eigenvalue weighted by atomic mass is 32.2. The molecule has 2 aromatic carbocycles. The van der Waals surface area contributed by atoms with Crippen LogP contribution in [0.2, 0.25) is 0 Å². The summed E-state index contributed by atoms with van der Waals surface area (Å²) in [5.74, 6) is 0.809. The van der Waals surface area contributed by atoms with Crippen LogP contribution in [-0.4, -0.2) is 58.0 Å². The van der Waals surface area contributed by atoms with Gasteiger partial charge >= 0.3 is 0 Å². The van der Waals surface area contributed by atoms with E-state index in [0.717, 1.165) is 16.2 Å². The number of aliphatic hydroxyl groups is 1. The molecule has 5 nitrogen and oxygen atoms in total. The highest BCUT2D eigenvalue weighted by Gasteiger charge is 2.04. The molecular weight excluding hydrogens is 388 g/mol. The maximum Gasteiger partial charge on any atom is 0.119 e. The van der Waals surface area contributed by atoms with E-state index < -0.39 is 0 Å². The summed E-state index contributed by atoms with van der Waals surface area (Å²) < 4.78 is 21.6. The van der Waals surface area contributed by atoms with Crippen molar-refractivity contribution in [3.05, 3.63) is 66.2 Å².